The van der Waals surface area contributed by atoms with Gasteiger partial charge in [0, 0.05) is 109 Å². The van der Waals surface area contributed by atoms with E-state index < -0.39 is 69.5 Å². The smallest absolute Gasteiger partial charge is 0.416 e. The lowest BCUT2D eigenvalue weighted by Gasteiger charge is -2.50. The average Bonchev–Trinajstić information content (AvgIpc) is 0.770. The number of rotatable bonds is 72. The largest absolute Gasteiger partial charge is 0.500 e. The van der Waals surface area contributed by atoms with Crippen molar-refractivity contribution in [2.45, 2.75) is 383 Å². The number of hydrogen-bond acceptors (Lipinski definition) is 16. The minimum atomic E-state index is -2.66. The summed E-state index contributed by atoms with van der Waals surface area (Å²) < 4.78 is 98.6. The topological polar surface area (TPSA) is 148 Å². The SMILES string of the molecule is CO[Si](CCCCCCCCCCCCCC[Si]1(C)O[Si](C)(CCCCCCCCCCCCCC[Si](OC)(OC)OC)O[Si](C)(CCCCCCCCCCCCCC[Si](OC)(OC)OC)O[Si](C)(CCCCCCCCCCCCCC[Si](OC)(OC)OC)O1)(OC)OC. The Hall–Kier alpha value is 1.10. The van der Waals surface area contributed by atoms with Crippen LogP contribution in [0.5, 0.6) is 0 Å². The third kappa shape index (κ3) is 44.8. The molecule has 1 saturated heterocycles. The molecule has 0 amide bonds. The Balaban J connectivity index is 2.99. The van der Waals surface area contributed by atoms with Crippen LogP contribution >= 0.6 is 0 Å². The van der Waals surface area contributed by atoms with E-state index in [2.05, 4.69) is 26.2 Å². The van der Waals surface area contributed by atoms with Gasteiger partial charge in [0.1, 0.15) is 0 Å². The molecule has 1 rings (SSSR count). The van der Waals surface area contributed by atoms with Crippen molar-refractivity contribution in [3.8, 4) is 0 Å². The van der Waals surface area contributed by atoms with E-state index in [0.29, 0.717) is 0 Å². The summed E-state index contributed by atoms with van der Waals surface area (Å²) in [6, 6.07) is 7.78. The van der Waals surface area contributed by atoms with Crippen molar-refractivity contribution in [3.63, 3.8) is 0 Å². The lowest BCUT2D eigenvalue weighted by Crippen LogP contribution is -2.67. The highest BCUT2D eigenvalue weighted by atomic mass is 28.5. The highest BCUT2D eigenvalue weighted by Gasteiger charge is 2.56. The van der Waals surface area contributed by atoms with Gasteiger partial charge in [-0.3, -0.25) is 0 Å². The van der Waals surface area contributed by atoms with E-state index in [9.17, 15) is 0 Å². The third-order valence-electron chi connectivity index (χ3n) is 20.9. The predicted octanol–water partition coefficient (Wildman–Crippen LogP) is 22.6. The highest BCUT2D eigenvalue weighted by molar-refractivity contribution is 6.94. The van der Waals surface area contributed by atoms with Crippen molar-refractivity contribution in [1.29, 1.82) is 0 Å². The van der Waals surface area contributed by atoms with Crippen molar-refractivity contribution >= 4 is 69.5 Å². The molecule has 0 aromatic carbocycles. The van der Waals surface area contributed by atoms with Gasteiger partial charge in [-0.05, 0) is 76.0 Å². The summed E-state index contributed by atoms with van der Waals surface area (Å²) in [5, 5.41) is 0. The molecule has 1 heterocycles. The fraction of sp³-hybridized carbons (Fsp3) is 1.00. The first-order chi connectivity index (χ1) is 46.4. The van der Waals surface area contributed by atoms with Crippen LogP contribution in [0.25, 0.3) is 0 Å². The van der Waals surface area contributed by atoms with Gasteiger partial charge in [0.05, 0.1) is 0 Å². The van der Waals surface area contributed by atoms with Crippen LogP contribution in [0.15, 0.2) is 0 Å². The lowest BCUT2D eigenvalue weighted by atomic mass is 10.1. The molecule has 1 fully saturated rings. The maximum absolute atomic E-state index is 7.79. The first-order valence-corrected chi connectivity index (χ1v) is 57.6. The van der Waals surface area contributed by atoms with Crippen molar-refractivity contribution in [1.82, 2.24) is 0 Å². The molecule has 1 aliphatic heterocycles. The first-order valence-electron chi connectivity index (χ1n) is 39.8. The van der Waals surface area contributed by atoms with Crippen LogP contribution in [0.1, 0.15) is 308 Å². The molecule has 0 aromatic rings. The Morgan fingerprint density at radius 1 is 0.156 bits per heavy atom. The van der Waals surface area contributed by atoms with Gasteiger partial charge in [0.25, 0.3) is 0 Å². The molecule has 0 aromatic heterocycles. The number of hydrogen-bond donors (Lipinski definition) is 0. The average molecular weight is 1510 g/mol. The molecular formula is C72H160O16Si8. The van der Waals surface area contributed by atoms with Crippen molar-refractivity contribution in [3.05, 3.63) is 0 Å². The second kappa shape index (κ2) is 59.3. The van der Waals surface area contributed by atoms with E-state index in [4.69, 9.17) is 69.6 Å². The lowest BCUT2D eigenvalue weighted by molar-refractivity contribution is 0.122. The van der Waals surface area contributed by atoms with E-state index in [1.165, 1.54) is 283 Å². The van der Waals surface area contributed by atoms with E-state index in [1.807, 2.05) is 0 Å². The maximum atomic E-state index is 7.79. The summed E-state index contributed by atoms with van der Waals surface area (Å²) in [4.78, 5) is 0. The van der Waals surface area contributed by atoms with Gasteiger partial charge >= 0.3 is 69.5 Å². The quantitative estimate of drug-likeness (QED) is 0.0420. The Morgan fingerprint density at radius 2 is 0.250 bits per heavy atom. The molecule has 96 heavy (non-hydrogen) atoms. The molecule has 0 radical (unpaired) electrons. The molecule has 0 N–H and O–H groups in total. The standard InChI is InChI=1S/C72H160O16Si8/c1-73-93(74-2,75-3)69-61-53-45-37-29-21-17-25-33-41-49-57-65-89(13)85-90(14,66-58-50-42-34-26-18-22-30-38-46-54-62-70-94(76-4,77-5)78-6)87-92(16,68-60-52-44-36-28-20-24-32-40-48-56-64-72-96(82-10,83-11)84-12)88-91(15,86-89)67-59-51-43-35-27-19-23-31-39-47-55-63-71-95(79-7,80-8)81-9/h17-72H2,1-16H3. The normalized spacial score (nSPS) is 20.0. The van der Waals surface area contributed by atoms with Crippen LogP contribution in [0.2, 0.25) is 74.5 Å². The van der Waals surface area contributed by atoms with Gasteiger partial charge in [-0.2, -0.15) is 0 Å². The minimum absolute atomic E-state index is 0.901. The van der Waals surface area contributed by atoms with Crippen LogP contribution in [0.4, 0.5) is 0 Å². The molecule has 24 heteroatoms. The molecule has 0 bridgehead atoms. The van der Waals surface area contributed by atoms with Gasteiger partial charge in [-0.1, -0.05) is 283 Å². The Labute approximate surface area is 603 Å². The minimum Gasteiger partial charge on any atom is -0.416 e. The summed E-state index contributed by atoms with van der Waals surface area (Å²) in [5.74, 6) is 0. The van der Waals surface area contributed by atoms with Gasteiger partial charge in [0.15, 0.2) is 0 Å². The van der Waals surface area contributed by atoms with Crippen LogP contribution in [-0.2, 0) is 69.6 Å². The zero-order valence-electron chi connectivity index (χ0n) is 66.1. The maximum Gasteiger partial charge on any atom is 0.500 e. The van der Waals surface area contributed by atoms with Gasteiger partial charge in [-0.25, -0.2) is 0 Å². The summed E-state index contributed by atoms with van der Waals surface area (Å²) in [7, 11) is 0.173. The highest BCUT2D eigenvalue weighted by Crippen LogP contribution is 2.40. The second-order valence-electron chi connectivity index (χ2n) is 29.1. The molecule has 0 saturated carbocycles. The van der Waals surface area contributed by atoms with E-state index in [-0.39, 0.29) is 0 Å². The molecule has 0 aliphatic carbocycles. The van der Waals surface area contributed by atoms with Crippen LogP contribution in [-0.4, -0.2) is 155 Å². The van der Waals surface area contributed by atoms with Crippen LogP contribution in [0, 0.1) is 0 Å². The molecular weight excluding hydrogens is 1350 g/mol. The number of unbranched alkanes of at least 4 members (excludes halogenated alkanes) is 44. The fourth-order valence-electron chi connectivity index (χ4n) is 14.8. The Bertz CT molecular complexity index is 1440. The van der Waals surface area contributed by atoms with E-state index >= 15 is 0 Å². The monoisotopic (exact) mass is 1500 g/mol. The van der Waals surface area contributed by atoms with Gasteiger partial charge in [0.2, 0.25) is 0 Å². The van der Waals surface area contributed by atoms with Crippen LogP contribution < -0.4 is 0 Å². The fourth-order valence-corrected chi connectivity index (χ4v) is 45.6. The summed E-state index contributed by atoms with van der Waals surface area (Å²) in [5.41, 5.74) is 0. The molecule has 16 nitrogen and oxygen atoms in total. The third-order valence-corrected chi connectivity index (χ3v) is 51.1. The summed E-state index contributed by atoms with van der Waals surface area (Å²) in [6.45, 7) is 9.71. The zero-order valence-corrected chi connectivity index (χ0v) is 74.1. The Kier molecular flexibility index (Phi) is 58.7. The molecule has 1 aliphatic rings. The van der Waals surface area contributed by atoms with Gasteiger partial charge in [-0.15, -0.1) is 0 Å². The van der Waals surface area contributed by atoms with Crippen molar-refractivity contribution in [2.75, 3.05) is 85.3 Å². The van der Waals surface area contributed by atoms with E-state index in [1.54, 1.807) is 85.3 Å². The van der Waals surface area contributed by atoms with Crippen LogP contribution in [0.3, 0.4) is 0 Å². The first kappa shape index (κ1) is 95.1. The van der Waals surface area contributed by atoms with Gasteiger partial charge < -0.3 is 69.6 Å². The summed E-state index contributed by atoms with van der Waals surface area (Å²) >= 11 is 0. The predicted molar refractivity (Wildman–Crippen MR) is 418 cm³/mol. The second-order valence-corrected chi connectivity index (χ2v) is 55.8. The van der Waals surface area contributed by atoms with Crippen molar-refractivity contribution in [2.24, 2.45) is 0 Å². The van der Waals surface area contributed by atoms with E-state index in [0.717, 1.165) is 74.0 Å². The molecule has 0 unspecified atom stereocenters. The molecule has 0 atom stereocenters. The van der Waals surface area contributed by atoms with Crippen molar-refractivity contribution < 1.29 is 69.6 Å². The zero-order chi connectivity index (χ0) is 70.9. The molecule has 576 valence electrons. The Morgan fingerprint density at radius 3 is 0.354 bits per heavy atom. The summed E-state index contributed by atoms with van der Waals surface area (Å²) in [6.07, 6.45) is 61.3. The molecule has 0 spiro atoms.